The number of carbonyl (C=O) groups excluding carboxylic acids is 1. The van der Waals surface area contributed by atoms with E-state index in [-0.39, 0.29) is 11.7 Å². The molecule has 3 nitrogen and oxygen atoms in total. The molecule has 0 radical (unpaired) electrons. The van der Waals surface area contributed by atoms with E-state index < -0.39 is 0 Å². The Morgan fingerprint density at radius 1 is 1.28 bits per heavy atom. The van der Waals surface area contributed by atoms with Crippen LogP contribution in [0.1, 0.15) is 22.2 Å². The van der Waals surface area contributed by atoms with Crippen molar-refractivity contribution in [1.29, 1.82) is 0 Å². The lowest BCUT2D eigenvalue weighted by Gasteiger charge is -2.01. The van der Waals surface area contributed by atoms with Crippen molar-refractivity contribution in [2.75, 3.05) is 0 Å². The molecule has 0 bridgehead atoms. The summed E-state index contributed by atoms with van der Waals surface area (Å²) in [5.74, 6) is -0.726. The van der Waals surface area contributed by atoms with E-state index in [1.807, 2.05) is 24.4 Å². The van der Waals surface area contributed by atoms with Crippen LogP contribution in [0.5, 0.6) is 0 Å². The number of benzene rings is 1. The first kappa shape index (κ1) is 12.4. The molecular formula is C13H11FN2OS. The summed E-state index contributed by atoms with van der Waals surface area (Å²) in [4.78, 5) is 12.7. The van der Waals surface area contributed by atoms with Gasteiger partial charge in [0.05, 0.1) is 5.71 Å². The number of nitrogens with zero attached hydrogens (tertiary/aromatic N) is 1. The van der Waals surface area contributed by atoms with Gasteiger partial charge in [-0.2, -0.15) is 5.10 Å². The third-order valence-electron chi connectivity index (χ3n) is 2.31. The van der Waals surface area contributed by atoms with E-state index in [1.165, 1.54) is 24.3 Å². The van der Waals surface area contributed by atoms with Crippen LogP contribution in [0, 0.1) is 5.82 Å². The van der Waals surface area contributed by atoms with Gasteiger partial charge >= 0.3 is 0 Å². The second-order valence-electron chi connectivity index (χ2n) is 3.62. The van der Waals surface area contributed by atoms with Crippen LogP contribution < -0.4 is 5.43 Å². The highest BCUT2D eigenvalue weighted by molar-refractivity contribution is 7.12. The number of amides is 1. The molecule has 1 N–H and O–H groups in total. The molecule has 5 heteroatoms. The van der Waals surface area contributed by atoms with Gasteiger partial charge in [0.2, 0.25) is 0 Å². The van der Waals surface area contributed by atoms with Crippen LogP contribution in [0.3, 0.4) is 0 Å². The number of hydrogen-bond acceptors (Lipinski definition) is 3. The van der Waals surface area contributed by atoms with Crippen molar-refractivity contribution >= 4 is 23.0 Å². The SMILES string of the molecule is C/C(=N/NC(=O)c1ccc(F)cc1)c1cccs1. The molecule has 92 valence electrons. The molecule has 0 atom stereocenters. The predicted octanol–water partition coefficient (Wildman–Crippen LogP) is 3.04. The predicted molar refractivity (Wildman–Crippen MR) is 70.4 cm³/mol. The van der Waals surface area contributed by atoms with E-state index in [2.05, 4.69) is 10.5 Å². The van der Waals surface area contributed by atoms with E-state index >= 15 is 0 Å². The van der Waals surface area contributed by atoms with Crippen LogP contribution in [0.4, 0.5) is 4.39 Å². The van der Waals surface area contributed by atoms with Crippen LogP contribution >= 0.6 is 11.3 Å². The number of nitrogens with one attached hydrogen (secondary N) is 1. The quantitative estimate of drug-likeness (QED) is 0.670. The molecule has 0 fully saturated rings. The Kier molecular flexibility index (Phi) is 3.84. The lowest BCUT2D eigenvalue weighted by Crippen LogP contribution is -2.19. The van der Waals surface area contributed by atoms with Gasteiger partial charge in [-0.15, -0.1) is 11.3 Å². The van der Waals surface area contributed by atoms with Crippen molar-refractivity contribution in [3.63, 3.8) is 0 Å². The highest BCUT2D eigenvalue weighted by atomic mass is 32.1. The van der Waals surface area contributed by atoms with Crippen LogP contribution in [0.2, 0.25) is 0 Å². The average molecular weight is 262 g/mol. The van der Waals surface area contributed by atoms with E-state index in [0.717, 1.165) is 10.6 Å². The van der Waals surface area contributed by atoms with Crippen LogP contribution in [0.15, 0.2) is 46.9 Å². The molecule has 18 heavy (non-hydrogen) atoms. The van der Waals surface area contributed by atoms with Crippen LogP contribution in [-0.2, 0) is 0 Å². The minimum Gasteiger partial charge on any atom is -0.267 e. The van der Waals surface area contributed by atoms with Crippen molar-refractivity contribution < 1.29 is 9.18 Å². The van der Waals surface area contributed by atoms with E-state index in [4.69, 9.17) is 0 Å². The van der Waals surface area contributed by atoms with Gasteiger partial charge in [0.15, 0.2) is 0 Å². The maximum absolute atomic E-state index is 12.7. The molecule has 1 aromatic heterocycles. The van der Waals surface area contributed by atoms with Gasteiger partial charge < -0.3 is 0 Å². The topological polar surface area (TPSA) is 41.5 Å². The molecule has 0 unspecified atom stereocenters. The van der Waals surface area contributed by atoms with Gasteiger partial charge in [0.1, 0.15) is 5.82 Å². The number of rotatable bonds is 3. The van der Waals surface area contributed by atoms with Crippen LogP contribution in [0.25, 0.3) is 0 Å². The van der Waals surface area contributed by atoms with Crippen molar-refractivity contribution in [2.45, 2.75) is 6.92 Å². The fourth-order valence-electron chi connectivity index (χ4n) is 1.34. The molecule has 1 aromatic carbocycles. The van der Waals surface area contributed by atoms with E-state index in [0.29, 0.717) is 5.56 Å². The van der Waals surface area contributed by atoms with E-state index in [1.54, 1.807) is 11.3 Å². The summed E-state index contributed by atoms with van der Waals surface area (Å²) in [6.45, 7) is 1.82. The zero-order valence-corrected chi connectivity index (χ0v) is 10.5. The Bertz CT molecular complexity index is 561. The maximum Gasteiger partial charge on any atom is 0.271 e. The van der Waals surface area contributed by atoms with Gasteiger partial charge in [0, 0.05) is 10.4 Å². The first-order valence-electron chi connectivity index (χ1n) is 5.31. The number of carbonyl (C=O) groups is 1. The molecule has 2 rings (SSSR count). The number of hydrogen-bond donors (Lipinski definition) is 1. The van der Waals surface area contributed by atoms with Gasteiger partial charge in [-0.1, -0.05) is 6.07 Å². The molecule has 0 aliphatic carbocycles. The van der Waals surface area contributed by atoms with Gasteiger partial charge in [-0.3, -0.25) is 4.79 Å². The molecule has 0 aliphatic rings. The molecule has 1 heterocycles. The molecular weight excluding hydrogens is 251 g/mol. The summed E-state index contributed by atoms with van der Waals surface area (Å²) in [5, 5.41) is 5.94. The number of hydrazone groups is 1. The average Bonchev–Trinajstić information content (AvgIpc) is 2.90. The molecule has 0 saturated carbocycles. The largest absolute Gasteiger partial charge is 0.271 e. The Morgan fingerprint density at radius 3 is 2.61 bits per heavy atom. The Hall–Kier alpha value is -2.01. The summed E-state index contributed by atoms with van der Waals surface area (Å²) < 4.78 is 12.7. The molecule has 0 aliphatic heterocycles. The lowest BCUT2D eigenvalue weighted by atomic mass is 10.2. The van der Waals surface area contributed by atoms with Crippen molar-refractivity contribution in [3.8, 4) is 0 Å². The fraction of sp³-hybridized carbons (Fsp3) is 0.0769. The Balaban J connectivity index is 2.04. The lowest BCUT2D eigenvalue weighted by molar-refractivity contribution is 0.0955. The minimum absolute atomic E-state index is 0.356. The minimum atomic E-state index is -0.371. The molecule has 2 aromatic rings. The summed E-state index contributed by atoms with van der Waals surface area (Å²) >= 11 is 1.55. The fourth-order valence-corrected chi connectivity index (χ4v) is 2.02. The second-order valence-corrected chi connectivity index (χ2v) is 4.57. The van der Waals surface area contributed by atoms with Crippen molar-refractivity contribution in [3.05, 3.63) is 58.0 Å². The summed E-state index contributed by atoms with van der Waals surface area (Å²) in [5.41, 5.74) is 3.55. The maximum atomic E-state index is 12.7. The Labute approximate surface area is 108 Å². The molecule has 0 saturated heterocycles. The van der Waals surface area contributed by atoms with Gasteiger partial charge in [0.25, 0.3) is 5.91 Å². The zero-order chi connectivity index (χ0) is 13.0. The van der Waals surface area contributed by atoms with Gasteiger partial charge in [-0.25, -0.2) is 9.82 Å². The van der Waals surface area contributed by atoms with Crippen molar-refractivity contribution in [1.82, 2.24) is 5.43 Å². The number of thiophene rings is 1. The zero-order valence-electron chi connectivity index (χ0n) is 9.68. The first-order chi connectivity index (χ1) is 8.66. The Morgan fingerprint density at radius 2 is 2.00 bits per heavy atom. The highest BCUT2D eigenvalue weighted by Gasteiger charge is 2.05. The third-order valence-corrected chi connectivity index (χ3v) is 3.29. The smallest absolute Gasteiger partial charge is 0.267 e. The highest BCUT2D eigenvalue weighted by Crippen LogP contribution is 2.09. The van der Waals surface area contributed by atoms with E-state index in [9.17, 15) is 9.18 Å². The summed E-state index contributed by atoms with van der Waals surface area (Å²) in [6, 6.07) is 9.16. The number of halogens is 1. The van der Waals surface area contributed by atoms with Gasteiger partial charge in [-0.05, 0) is 42.6 Å². The normalized spacial score (nSPS) is 11.3. The monoisotopic (exact) mass is 262 g/mol. The summed E-state index contributed by atoms with van der Waals surface area (Å²) in [7, 11) is 0. The second kappa shape index (κ2) is 5.55. The molecule has 1 amide bonds. The first-order valence-corrected chi connectivity index (χ1v) is 6.19. The third kappa shape index (κ3) is 3.01. The standard InChI is InChI=1S/C13H11FN2OS/c1-9(12-3-2-8-18-12)15-16-13(17)10-4-6-11(14)7-5-10/h2-8H,1H3,(H,16,17)/b15-9-. The molecule has 0 spiro atoms. The van der Waals surface area contributed by atoms with Crippen molar-refractivity contribution in [2.24, 2.45) is 5.10 Å². The van der Waals surface area contributed by atoms with Crippen LogP contribution in [-0.4, -0.2) is 11.6 Å². The summed E-state index contributed by atoms with van der Waals surface area (Å²) in [6.07, 6.45) is 0.